The third kappa shape index (κ3) is 6.28. The molecule has 0 saturated heterocycles. The maximum Gasteiger partial charge on any atom is 0.261 e. The number of nitrogens with zero attached hydrogens (tertiary/aromatic N) is 2. The number of alkyl halides is 2. The Morgan fingerprint density at radius 1 is 1.41 bits per heavy atom. The number of hydrogen-bond donors (Lipinski definition) is 1. The van der Waals surface area contributed by atoms with Crippen LogP contribution in [0.1, 0.15) is 25.6 Å². The highest BCUT2D eigenvalue weighted by Gasteiger charge is 2.07. The van der Waals surface area contributed by atoms with Gasteiger partial charge in [0, 0.05) is 12.5 Å². The van der Waals surface area contributed by atoms with Crippen LogP contribution in [0.4, 0.5) is 8.78 Å². The van der Waals surface area contributed by atoms with E-state index in [1.807, 2.05) is 13.8 Å². The highest BCUT2D eigenvalue weighted by atomic mass is 19.3. The Bertz CT molecular complexity index is 318. The number of rotatable bonds is 8. The molecule has 1 aromatic heterocycles. The van der Waals surface area contributed by atoms with Crippen molar-refractivity contribution in [2.45, 2.75) is 39.3 Å². The van der Waals surface area contributed by atoms with E-state index in [0.29, 0.717) is 30.7 Å². The smallest absolute Gasteiger partial charge is 0.261 e. The molecule has 0 spiro atoms. The lowest BCUT2D eigenvalue weighted by Gasteiger charge is -2.03. The first-order valence-electron chi connectivity index (χ1n) is 5.48. The zero-order valence-corrected chi connectivity index (χ0v) is 9.95. The van der Waals surface area contributed by atoms with Crippen LogP contribution in [0, 0.1) is 0 Å². The van der Waals surface area contributed by atoms with E-state index < -0.39 is 13.0 Å². The van der Waals surface area contributed by atoms with Crippen LogP contribution >= 0.6 is 0 Å². The van der Waals surface area contributed by atoms with Gasteiger partial charge in [0.2, 0.25) is 5.89 Å². The lowest BCUT2D eigenvalue weighted by Crippen LogP contribution is -2.21. The molecule has 7 heteroatoms. The molecule has 1 rings (SSSR count). The van der Waals surface area contributed by atoms with Gasteiger partial charge in [-0.05, 0) is 0 Å². The molecule has 0 atom stereocenters. The van der Waals surface area contributed by atoms with Crippen molar-refractivity contribution in [2.75, 3.05) is 13.2 Å². The summed E-state index contributed by atoms with van der Waals surface area (Å²) in [5.74, 6) is 0.961. The van der Waals surface area contributed by atoms with Gasteiger partial charge in [-0.25, -0.2) is 8.78 Å². The maximum absolute atomic E-state index is 11.8. The fourth-order valence-corrected chi connectivity index (χ4v) is 1.09. The number of halogens is 2. The van der Waals surface area contributed by atoms with Crippen molar-refractivity contribution >= 4 is 0 Å². The van der Waals surface area contributed by atoms with Gasteiger partial charge in [-0.15, -0.1) is 0 Å². The van der Waals surface area contributed by atoms with Gasteiger partial charge in [-0.3, -0.25) is 0 Å². The third-order valence-electron chi connectivity index (χ3n) is 1.89. The first kappa shape index (κ1) is 14.0. The lowest BCUT2D eigenvalue weighted by atomic mass is 10.4. The van der Waals surface area contributed by atoms with Crippen molar-refractivity contribution in [1.82, 2.24) is 15.5 Å². The predicted molar refractivity (Wildman–Crippen MR) is 56.8 cm³/mol. The molecular formula is C10H17F2N3O2. The summed E-state index contributed by atoms with van der Waals surface area (Å²) >= 11 is 0. The van der Waals surface area contributed by atoms with Crippen molar-refractivity contribution < 1.29 is 18.0 Å². The second-order valence-electron chi connectivity index (χ2n) is 3.86. The SMILES string of the molecule is CC(C)NCc1nc(CCOCC(F)F)no1. The normalized spacial score (nSPS) is 11.6. The zero-order chi connectivity index (χ0) is 12.7. The molecule has 1 N–H and O–H groups in total. The van der Waals surface area contributed by atoms with Crippen LogP contribution in [-0.2, 0) is 17.7 Å². The minimum absolute atomic E-state index is 0.168. The fraction of sp³-hybridized carbons (Fsp3) is 0.800. The van der Waals surface area contributed by atoms with Crippen LogP contribution in [0.3, 0.4) is 0 Å². The fourth-order valence-electron chi connectivity index (χ4n) is 1.09. The molecular weight excluding hydrogens is 232 g/mol. The maximum atomic E-state index is 11.8. The average molecular weight is 249 g/mol. The Morgan fingerprint density at radius 3 is 2.82 bits per heavy atom. The Kier molecular flexibility index (Phi) is 5.99. The minimum Gasteiger partial charge on any atom is -0.375 e. The first-order valence-corrected chi connectivity index (χ1v) is 5.48. The van der Waals surface area contributed by atoms with E-state index in [1.165, 1.54) is 0 Å². The molecule has 5 nitrogen and oxygen atoms in total. The summed E-state index contributed by atoms with van der Waals surface area (Å²) in [5, 5.41) is 6.85. The Hall–Kier alpha value is -1.08. The third-order valence-corrected chi connectivity index (χ3v) is 1.89. The molecule has 17 heavy (non-hydrogen) atoms. The number of aromatic nitrogens is 2. The van der Waals surface area contributed by atoms with E-state index in [9.17, 15) is 8.78 Å². The van der Waals surface area contributed by atoms with E-state index in [1.54, 1.807) is 0 Å². The molecule has 0 aliphatic heterocycles. The molecule has 0 amide bonds. The Labute approximate surface area is 98.5 Å². The van der Waals surface area contributed by atoms with Gasteiger partial charge in [-0.2, -0.15) is 4.98 Å². The summed E-state index contributed by atoms with van der Waals surface area (Å²) in [6, 6.07) is 0.333. The van der Waals surface area contributed by atoms with Crippen LogP contribution in [-0.4, -0.2) is 35.8 Å². The first-order chi connectivity index (χ1) is 8.08. The van der Waals surface area contributed by atoms with Gasteiger partial charge in [0.05, 0.1) is 13.2 Å². The molecule has 0 fully saturated rings. The van der Waals surface area contributed by atoms with Crippen LogP contribution in [0.25, 0.3) is 0 Å². The molecule has 0 aromatic carbocycles. The number of hydrogen-bond acceptors (Lipinski definition) is 5. The molecule has 98 valence electrons. The standard InChI is InChI=1S/C10H17F2N3O2/c1-7(2)13-5-10-14-9(15-17-10)3-4-16-6-8(11)12/h7-8,13H,3-6H2,1-2H3. The molecule has 1 aromatic rings. The molecule has 0 bridgehead atoms. The quantitative estimate of drug-likeness (QED) is 0.705. The highest BCUT2D eigenvalue weighted by molar-refractivity contribution is 4.86. The van der Waals surface area contributed by atoms with Crippen molar-refractivity contribution in [2.24, 2.45) is 0 Å². The van der Waals surface area contributed by atoms with Gasteiger partial charge in [0.25, 0.3) is 6.43 Å². The van der Waals surface area contributed by atoms with E-state index >= 15 is 0 Å². The van der Waals surface area contributed by atoms with Crippen LogP contribution in [0.2, 0.25) is 0 Å². The highest BCUT2D eigenvalue weighted by Crippen LogP contribution is 2.00. The number of ether oxygens (including phenoxy) is 1. The summed E-state index contributed by atoms with van der Waals surface area (Å²) in [4.78, 5) is 4.09. The van der Waals surface area contributed by atoms with Gasteiger partial charge in [-0.1, -0.05) is 19.0 Å². The Morgan fingerprint density at radius 2 is 2.18 bits per heavy atom. The monoisotopic (exact) mass is 249 g/mol. The molecule has 1 heterocycles. The molecule has 0 aliphatic carbocycles. The van der Waals surface area contributed by atoms with Crippen molar-refractivity contribution in [3.8, 4) is 0 Å². The molecule has 0 radical (unpaired) electrons. The lowest BCUT2D eigenvalue weighted by molar-refractivity contribution is 0.0182. The minimum atomic E-state index is -2.44. The summed E-state index contributed by atoms with van der Waals surface area (Å²) in [6.07, 6.45) is -2.07. The van der Waals surface area contributed by atoms with Crippen LogP contribution in [0.5, 0.6) is 0 Å². The predicted octanol–water partition coefficient (Wildman–Crippen LogP) is 1.39. The topological polar surface area (TPSA) is 60.2 Å². The second kappa shape index (κ2) is 7.29. The van der Waals surface area contributed by atoms with E-state index in [0.717, 1.165) is 0 Å². The van der Waals surface area contributed by atoms with Gasteiger partial charge >= 0.3 is 0 Å². The van der Waals surface area contributed by atoms with Gasteiger partial charge in [0.1, 0.15) is 6.61 Å². The second-order valence-corrected chi connectivity index (χ2v) is 3.86. The Balaban J connectivity index is 2.21. The largest absolute Gasteiger partial charge is 0.375 e. The summed E-state index contributed by atoms with van der Waals surface area (Å²) in [6.45, 7) is 4.13. The van der Waals surface area contributed by atoms with E-state index in [4.69, 9.17) is 9.26 Å². The summed E-state index contributed by atoms with van der Waals surface area (Å²) in [7, 11) is 0. The van der Waals surface area contributed by atoms with Crippen molar-refractivity contribution in [3.05, 3.63) is 11.7 Å². The summed E-state index contributed by atoms with van der Waals surface area (Å²) in [5.41, 5.74) is 0. The zero-order valence-electron chi connectivity index (χ0n) is 9.95. The van der Waals surface area contributed by atoms with Crippen LogP contribution < -0.4 is 5.32 Å². The van der Waals surface area contributed by atoms with E-state index in [-0.39, 0.29) is 6.61 Å². The van der Waals surface area contributed by atoms with Crippen LogP contribution in [0.15, 0.2) is 4.52 Å². The molecule has 0 saturated carbocycles. The summed E-state index contributed by atoms with van der Waals surface area (Å²) < 4.78 is 33.2. The van der Waals surface area contributed by atoms with E-state index in [2.05, 4.69) is 15.5 Å². The molecule has 0 aliphatic rings. The average Bonchev–Trinajstić information content (AvgIpc) is 2.69. The van der Waals surface area contributed by atoms with Gasteiger partial charge in [0.15, 0.2) is 5.82 Å². The molecule has 0 unspecified atom stereocenters. The van der Waals surface area contributed by atoms with Crippen molar-refractivity contribution in [1.29, 1.82) is 0 Å². The van der Waals surface area contributed by atoms with Crippen molar-refractivity contribution in [3.63, 3.8) is 0 Å². The van der Waals surface area contributed by atoms with Gasteiger partial charge < -0.3 is 14.6 Å². The number of nitrogens with one attached hydrogen (secondary N) is 1.